The molecule has 160 valence electrons. The summed E-state index contributed by atoms with van der Waals surface area (Å²) in [6.07, 6.45) is -7.73. The van der Waals surface area contributed by atoms with Crippen molar-refractivity contribution in [2.24, 2.45) is 0 Å². The molecule has 0 saturated carbocycles. The number of alkyl halides is 2. The number of aromatic nitrogens is 4. The van der Waals surface area contributed by atoms with Crippen LogP contribution in [0, 0.1) is 0 Å². The van der Waals surface area contributed by atoms with Crippen LogP contribution in [0.25, 0.3) is 11.2 Å². The van der Waals surface area contributed by atoms with E-state index in [1.807, 2.05) is 0 Å². The summed E-state index contributed by atoms with van der Waals surface area (Å²) in [6.45, 7) is 2.24. The molecule has 2 aliphatic rings. The van der Waals surface area contributed by atoms with E-state index in [0.717, 1.165) is 10.9 Å². The first kappa shape index (κ1) is 20.3. The van der Waals surface area contributed by atoms with Crippen molar-refractivity contribution in [3.8, 4) is 0 Å². The summed E-state index contributed by atoms with van der Waals surface area (Å²) in [4.78, 5) is 22.2. The largest absolute Gasteiger partial charge is 0.475 e. The molecule has 15 heteroatoms. The van der Waals surface area contributed by atoms with Crippen LogP contribution in [0.1, 0.15) is 20.1 Å². The molecule has 0 aliphatic carbocycles. The Balaban J connectivity index is 1.76. The van der Waals surface area contributed by atoms with Gasteiger partial charge in [-0.05, 0) is 13.8 Å². The van der Waals surface area contributed by atoms with Crippen LogP contribution in [0.15, 0.2) is 11.1 Å². The van der Waals surface area contributed by atoms with Gasteiger partial charge in [0.2, 0.25) is 5.95 Å². The Morgan fingerprint density at radius 2 is 2.24 bits per heavy atom. The van der Waals surface area contributed by atoms with E-state index in [1.54, 1.807) is 13.8 Å². The van der Waals surface area contributed by atoms with Crippen LogP contribution >= 0.6 is 7.82 Å². The van der Waals surface area contributed by atoms with Crippen molar-refractivity contribution < 1.29 is 36.8 Å². The Morgan fingerprint density at radius 3 is 2.90 bits per heavy atom. The maximum absolute atomic E-state index is 14.0. The number of nitrogens with one attached hydrogen (secondary N) is 1. The zero-order chi connectivity index (χ0) is 21.1. The first-order valence-electron chi connectivity index (χ1n) is 8.54. The highest BCUT2D eigenvalue weighted by atomic mass is 31.2. The van der Waals surface area contributed by atoms with Gasteiger partial charge in [0, 0.05) is 0 Å². The number of aromatic amines is 1. The van der Waals surface area contributed by atoms with Crippen LogP contribution in [0.4, 0.5) is 14.7 Å². The highest BCUT2D eigenvalue weighted by Crippen LogP contribution is 2.61. The fourth-order valence-electron chi connectivity index (χ4n) is 3.35. The van der Waals surface area contributed by atoms with E-state index in [-0.39, 0.29) is 17.1 Å². The van der Waals surface area contributed by atoms with E-state index in [0.29, 0.717) is 0 Å². The highest BCUT2D eigenvalue weighted by molar-refractivity contribution is 7.48. The zero-order valence-corrected chi connectivity index (χ0v) is 16.1. The van der Waals surface area contributed by atoms with Gasteiger partial charge in [0.25, 0.3) is 12.0 Å². The number of ether oxygens (including phenoxy) is 1. The first-order valence-corrected chi connectivity index (χ1v) is 10.00. The second-order valence-electron chi connectivity index (χ2n) is 6.93. The number of phosphoric ester groups is 1. The average Bonchev–Trinajstić information content (AvgIpc) is 3.14. The van der Waals surface area contributed by atoms with Gasteiger partial charge in [-0.3, -0.25) is 27.9 Å². The fourth-order valence-corrected chi connectivity index (χ4v) is 4.98. The number of halogens is 2. The molecule has 4 heterocycles. The third kappa shape index (κ3) is 3.16. The Labute approximate surface area is 161 Å². The number of aliphatic hydroxyl groups is 1. The van der Waals surface area contributed by atoms with Gasteiger partial charge in [-0.2, -0.15) is 4.98 Å². The molecule has 0 amide bonds. The number of hydrogen-bond donors (Lipinski definition) is 3. The number of anilines is 1. The van der Waals surface area contributed by atoms with Gasteiger partial charge >= 0.3 is 7.82 Å². The Kier molecular flexibility index (Phi) is 4.76. The van der Waals surface area contributed by atoms with Crippen molar-refractivity contribution in [3.63, 3.8) is 0 Å². The summed E-state index contributed by atoms with van der Waals surface area (Å²) in [5.74, 6) is -0.193. The zero-order valence-electron chi connectivity index (χ0n) is 15.2. The molecular weight excluding hydrogens is 419 g/mol. The predicted molar refractivity (Wildman–Crippen MR) is 92.1 cm³/mol. The van der Waals surface area contributed by atoms with E-state index in [2.05, 4.69) is 15.0 Å². The summed E-state index contributed by atoms with van der Waals surface area (Å²) in [7, 11) is -4.22. The van der Waals surface area contributed by atoms with Crippen molar-refractivity contribution in [3.05, 3.63) is 16.7 Å². The van der Waals surface area contributed by atoms with Crippen LogP contribution in [0.3, 0.4) is 0 Å². The minimum absolute atomic E-state index is 0.0750. The molecule has 0 radical (unpaired) electrons. The van der Waals surface area contributed by atoms with E-state index in [1.165, 1.54) is 0 Å². The van der Waals surface area contributed by atoms with E-state index in [9.17, 15) is 23.2 Å². The normalized spacial score (nSPS) is 34.9. The second-order valence-corrected chi connectivity index (χ2v) is 8.50. The molecule has 29 heavy (non-hydrogen) atoms. The van der Waals surface area contributed by atoms with Gasteiger partial charge in [0.15, 0.2) is 23.0 Å². The molecule has 2 saturated heterocycles. The molecule has 0 aromatic carbocycles. The molecule has 1 unspecified atom stereocenters. The molecule has 5 atom stereocenters. The minimum atomic E-state index is -4.22. The maximum atomic E-state index is 14.0. The van der Waals surface area contributed by atoms with Gasteiger partial charge in [0.1, 0.15) is 18.5 Å². The van der Waals surface area contributed by atoms with Crippen LogP contribution in [0.2, 0.25) is 0 Å². The maximum Gasteiger partial charge on any atom is 0.475 e. The van der Waals surface area contributed by atoms with Crippen LogP contribution in [0.5, 0.6) is 0 Å². The van der Waals surface area contributed by atoms with Crippen LogP contribution < -0.4 is 11.3 Å². The predicted octanol–water partition coefficient (Wildman–Crippen LogP) is 0.544. The fraction of sp³-hybridized carbons (Fsp3) is 0.643. The first-order chi connectivity index (χ1) is 13.6. The van der Waals surface area contributed by atoms with Crippen LogP contribution in [-0.4, -0.2) is 61.6 Å². The Morgan fingerprint density at radius 1 is 1.52 bits per heavy atom. The second kappa shape index (κ2) is 6.79. The standard InChI is InChI=1S/C14H18F2N5O7P/c1-5(2)27-29(24)25-3-14(12(15)16)8(28-29)7(22)11(26-14)21-4-18-9-6(21)10(23)20-13(17)19-9/h4-5,7-8,11-12,22H,3H2,1-2H3,(H3,17,19,20,23)/t7-,8+,11-,14-,29?/m0/s1. The van der Waals surface area contributed by atoms with Gasteiger partial charge in [-0.15, -0.1) is 0 Å². The molecule has 0 bridgehead atoms. The highest BCUT2D eigenvalue weighted by Gasteiger charge is 2.67. The lowest BCUT2D eigenvalue weighted by atomic mass is 9.96. The number of nitrogen functional groups attached to an aromatic ring is 1. The molecule has 4 rings (SSSR count). The molecule has 0 spiro atoms. The third-order valence-corrected chi connectivity index (χ3v) is 6.17. The molecule has 4 N–H and O–H groups in total. The number of nitrogens with zero attached hydrogens (tertiary/aromatic N) is 3. The molecule has 2 aliphatic heterocycles. The number of nitrogens with two attached hydrogens (primary N) is 1. The van der Waals surface area contributed by atoms with Gasteiger partial charge in [-0.25, -0.2) is 18.3 Å². The SMILES string of the molecule is CC(C)OP1(=O)OC[C@]2(C(F)F)O[C@H](n3cnc4nc(N)[nH]c(=O)c43)[C@@H](O)[C@H]2O1. The number of phosphoric acid groups is 1. The minimum Gasteiger partial charge on any atom is -0.386 e. The number of fused-ring (bicyclic) bond motifs is 2. The monoisotopic (exact) mass is 437 g/mol. The summed E-state index contributed by atoms with van der Waals surface area (Å²) < 4.78 is 62.3. The van der Waals surface area contributed by atoms with Crippen molar-refractivity contribution in [1.29, 1.82) is 0 Å². The number of rotatable bonds is 4. The lowest BCUT2D eigenvalue weighted by Crippen LogP contribution is -2.56. The van der Waals surface area contributed by atoms with Gasteiger partial charge in [-0.1, -0.05) is 0 Å². The molecule has 12 nitrogen and oxygen atoms in total. The Hall–Kier alpha value is -1.96. The van der Waals surface area contributed by atoms with E-state index >= 15 is 0 Å². The number of H-pyrrole nitrogens is 1. The summed E-state index contributed by atoms with van der Waals surface area (Å²) in [6, 6.07) is 0. The molecule has 2 fully saturated rings. The van der Waals surface area contributed by atoms with Crippen molar-refractivity contribution >= 4 is 24.9 Å². The third-order valence-electron chi connectivity index (χ3n) is 4.56. The number of aliphatic hydroxyl groups excluding tert-OH is 1. The number of hydrogen-bond acceptors (Lipinski definition) is 10. The van der Waals surface area contributed by atoms with Crippen molar-refractivity contribution in [1.82, 2.24) is 19.5 Å². The molecule has 2 aromatic rings. The topological polar surface area (TPSA) is 164 Å². The van der Waals surface area contributed by atoms with Crippen molar-refractivity contribution in [2.45, 2.75) is 50.4 Å². The molecule has 2 aromatic heterocycles. The van der Waals surface area contributed by atoms with Crippen molar-refractivity contribution in [2.75, 3.05) is 12.3 Å². The lowest BCUT2D eigenvalue weighted by molar-refractivity contribution is -0.208. The number of imidazole rings is 1. The van der Waals surface area contributed by atoms with Crippen LogP contribution in [-0.2, 0) is 22.9 Å². The van der Waals surface area contributed by atoms with Gasteiger partial charge in [0.05, 0.1) is 12.7 Å². The smallest absolute Gasteiger partial charge is 0.386 e. The quantitative estimate of drug-likeness (QED) is 0.575. The van der Waals surface area contributed by atoms with E-state index in [4.69, 9.17) is 24.0 Å². The average molecular weight is 437 g/mol. The Bertz CT molecular complexity index is 1050. The molecular formula is C14H18F2N5O7P. The van der Waals surface area contributed by atoms with Gasteiger partial charge < -0.3 is 15.6 Å². The summed E-state index contributed by atoms with van der Waals surface area (Å²) >= 11 is 0. The summed E-state index contributed by atoms with van der Waals surface area (Å²) in [5, 5.41) is 10.7. The van der Waals surface area contributed by atoms with E-state index < -0.39 is 56.6 Å². The lowest BCUT2D eigenvalue weighted by Gasteiger charge is -2.39. The summed E-state index contributed by atoms with van der Waals surface area (Å²) in [5.41, 5.74) is 2.07.